The molecule has 0 aliphatic carbocycles. The first kappa shape index (κ1) is 15.5. The van der Waals surface area contributed by atoms with Gasteiger partial charge in [0.2, 0.25) is 0 Å². The summed E-state index contributed by atoms with van der Waals surface area (Å²) in [5.41, 5.74) is 1.80. The van der Waals surface area contributed by atoms with Crippen LogP contribution in [0.3, 0.4) is 0 Å². The Morgan fingerprint density at radius 2 is 2.10 bits per heavy atom. The predicted molar refractivity (Wildman–Crippen MR) is 84.0 cm³/mol. The van der Waals surface area contributed by atoms with Crippen molar-refractivity contribution in [2.45, 2.75) is 13.0 Å². The summed E-state index contributed by atoms with van der Waals surface area (Å²) in [6.45, 7) is 1.86. The van der Waals surface area contributed by atoms with E-state index in [1.807, 2.05) is 19.1 Å². The first-order valence-corrected chi connectivity index (χ1v) is 7.30. The van der Waals surface area contributed by atoms with Crippen molar-refractivity contribution in [3.8, 4) is 6.07 Å². The monoisotopic (exact) mass is 363 g/mol. The lowest BCUT2D eigenvalue weighted by Crippen LogP contribution is -2.27. The molecule has 1 N–H and O–H groups in total. The molecule has 4 nitrogen and oxygen atoms in total. The number of benzene rings is 1. The molecule has 21 heavy (non-hydrogen) atoms. The Kier molecular flexibility index (Phi) is 4.94. The number of carbonyl (C=O) groups excluding carboxylic acids is 1. The van der Waals surface area contributed by atoms with E-state index >= 15 is 0 Å². The third-order valence-corrected chi connectivity index (χ3v) is 3.67. The Hall–Kier alpha value is -1.90. The average Bonchev–Trinajstić information content (AvgIpc) is 2.49. The highest BCUT2D eigenvalue weighted by Gasteiger charge is 2.15. The van der Waals surface area contributed by atoms with Crippen molar-refractivity contribution in [2.75, 3.05) is 0 Å². The molecule has 0 radical (unpaired) electrons. The van der Waals surface area contributed by atoms with Crippen LogP contribution in [0.2, 0.25) is 5.15 Å². The summed E-state index contributed by atoms with van der Waals surface area (Å²) in [5, 5.41) is 11.8. The maximum atomic E-state index is 12.2. The van der Waals surface area contributed by atoms with Gasteiger partial charge in [0.05, 0.1) is 23.2 Å². The lowest BCUT2D eigenvalue weighted by molar-refractivity contribution is 0.0939. The van der Waals surface area contributed by atoms with Crippen molar-refractivity contribution in [3.63, 3.8) is 0 Å². The Morgan fingerprint density at radius 3 is 2.71 bits per heavy atom. The number of hydrogen-bond donors (Lipinski definition) is 1. The van der Waals surface area contributed by atoms with E-state index in [1.54, 1.807) is 18.2 Å². The van der Waals surface area contributed by atoms with Crippen molar-refractivity contribution in [1.29, 1.82) is 5.26 Å². The molecular weight excluding hydrogens is 354 g/mol. The minimum atomic E-state index is -0.300. The summed E-state index contributed by atoms with van der Waals surface area (Å²) in [4.78, 5) is 16.1. The largest absolute Gasteiger partial charge is 0.345 e. The lowest BCUT2D eigenvalue weighted by atomic mass is 10.1. The number of nitrogens with zero attached hydrogens (tertiary/aromatic N) is 2. The standard InChI is InChI=1S/C15H11BrClN3O/c1-9(11-4-2-10(7-18)3-5-11)20-15(21)13-6-12(16)8-19-14(13)17/h2-6,8-9H,1H3,(H,20,21). The van der Waals surface area contributed by atoms with E-state index in [0.717, 1.165) is 5.56 Å². The van der Waals surface area contributed by atoms with Gasteiger partial charge < -0.3 is 5.32 Å². The lowest BCUT2D eigenvalue weighted by Gasteiger charge is -2.15. The Morgan fingerprint density at radius 1 is 1.43 bits per heavy atom. The fourth-order valence-corrected chi connectivity index (χ4v) is 2.31. The van der Waals surface area contributed by atoms with Crippen LogP contribution in [-0.4, -0.2) is 10.9 Å². The van der Waals surface area contributed by atoms with Crippen LogP contribution in [-0.2, 0) is 0 Å². The summed E-state index contributed by atoms with van der Waals surface area (Å²) in [6.07, 6.45) is 1.53. The van der Waals surface area contributed by atoms with Crippen molar-refractivity contribution in [3.05, 3.63) is 62.8 Å². The van der Waals surface area contributed by atoms with Gasteiger partial charge in [0.1, 0.15) is 5.15 Å². The van der Waals surface area contributed by atoms with Crippen LogP contribution in [0.4, 0.5) is 0 Å². The molecule has 0 saturated heterocycles. The number of hydrogen-bond acceptors (Lipinski definition) is 3. The average molecular weight is 365 g/mol. The summed E-state index contributed by atoms with van der Waals surface area (Å²) in [7, 11) is 0. The highest BCUT2D eigenvalue weighted by molar-refractivity contribution is 9.10. The van der Waals surface area contributed by atoms with E-state index < -0.39 is 0 Å². The summed E-state index contributed by atoms with van der Waals surface area (Å²) in [6, 6.07) is 10.5. The molecule has 1 atom stereocenters. The summed E-state index contributed by atoms with van der Waals surface area (Å²) < 4.78 is 0.683. The van der Waals surface area contributed by atoms with Gasteiger partial charge in [-0.25, -0.2) is 4.98 Å². The quantitative estimate of drug-likeness (QED) is 0.841. The maximum absolute atomic E-state index is 12.2. The first-order chi connectivity index (χ1) is 10.0. The van der Waals surface area contributed by atoms with Crippen molar-refractivity contribution in [1.82, 2.24) is 10.3 Å². The van der Waals surface area contributed by atoms with Crippen LogP contribution >= 0.6 is 27.5 Å². The van der Waals surface area contributed by atoms with E-state index in [-0.39, 0.29) is 17.1 Å². The molecule has 0 saturated carbocycles. The van der Waals surface area contributed by atoms with Crippen LogP contribution in [0.25, 0.3) is 0 Å². The number of amides is 1. The van der Waals surface area contributed by atoms with Crippen LogP contribution in [0.15, 0.2) is 41.0 Å². The zero-order valence-corrected chi connectivity index (χ0v) is 13.4. The van der Waals surface area contributed by atoms with Gasteiger partial charge in [-0.3, -0.25) is 4.79 Å². The maximum Gasteiger partial charge on any atom is 0.254 e. The molecule has 1 aromatic carbocycles. The zero-order valence-electron chi connectivity index (χ0n) is 11.1. The van der Waals surface area contributed by atoms with Gasteiger partial charge in [-0.05, 0) is 46.6 Å². The number of pyridine rings is 1. The molecular formula is C15H11BrClN3O. The zero-order chi connectivity index (χ0) is 15.4. The molecule has 0 spiro atoms. The third-order valence-electron chi connectivity index (χ3n) is 2.94. The van der Waals surface area contributed by atoms with Crippen LogP contribution in [0.1, 0.15) is 34.5 Å². The smallest absolute Gasteiger partial charge is 0.254 e. The Labute approximate surface area is 135 Å². The van der Waals surface area contributed by atoms with E-state index in [4.69, 9.17) is 16.9 Å². The van der Waals surface area contributed by atoms with Gasteiger partial charge in [0.25, 0.3) is 5.91 Å². The molecule has 0 fully saturated rings. The molecule has 2 rings (SSSR count). The molecule has 2 aromatic rings. The number of halogens is 2. The van der Waals surface area contributed by atoms with Gasteiger partial charge in [0.15, 0.2) is 0 Å². The molecule has 0 aliphatic rings. The molecule has 0 aliphatic heterocycles. The van der Waals surface area contributed by atoms with Crippen molar-refractivity contribution >= 4 is 33.4 Å². The van der Waals surface area contributed by atoms with E-state index in [9.17, 15) is 4.79 Å². The van der Waals surface area contributed by atoms with Crippen LogP contribution in [0, 0.1) is 11.3 Å². The number of carbonyl (C=O) groups is 1. The van der Waals surface area contributed by atoms with Gasteiger partial charge in [0, 0.05) is 10.7 Å². The molecule has 1 unspecified atom stereocenters. The number of nitrogens with one attached hydrogen (secondary N) is 1. The molecule has 1 amide bonds. The predicted octanol–water partition coefficient (Wildman–Crippen LogP) is 3.86. The van der Waals surface area contributed by atoms with E-state index in [2.05, 4.69) is 32.3 Å². The highest BCUT2D eigenvalue weighted by atomic mass is 79.9. The normalized spacial score (nSPS) is 11.5. The molecule has 1 heterocycles. The fourth-order valence-electron chi connectivity index (χ4n) is 1.79. The number of rotatable bonds is 3. The van der Waals surface area contributed by atoms with Gasteiger partial charge in [-0.1, -0.05) is 23.7 Å². The third kappa shape index (κ3) is 3.81. The SMILES string of the molecule is CC(NC(=O)c1cc(Br)cnc1Cl)c1ccc(C#N)cc1. The Bertz CT molecular complexity index is 710. The van der Waals surface area contributed by atoms with Gasteiger partial charge >= 0.3 is 0 Å². The second-order valence-corrected chi connectivity index (χ2v) is 5.69. The number of nitriles is 1. The molecule has 1 aromatic heterocycles. The van der Waals surface area contributed by atoms with Crippen molar-refractivity contribution in [2.24, 2.45) is 0 Å². The van der Waals surface area contributed by atoms with Crippen molar-refractivity contribution < 1.29 is 4.79 Å². The Balaban J connectivity index is 2.14. The summed E-state index contributed by atoms with van der Waals surface area (Å²) >= 11 is 9.19. The second-order valence-electron chi connectivity index (χ2n) is 4.42. The van der Waals surface area contributed by atoms with Gasteiger partial charge in [-0.15, -0.1) is 0 Å². The molecule has 0 bridgehead atoms. The summed E-state index contributed by atoms with van der Waals surface area (Å²) in [5.74, 6) is -0.300. The first-order valence-electron chi connectivity index (χ1n) is 6.13. The van der Waals surface area contributed by atoms with Crippen LogP contribution < -0.4 is 5.32 Å². The van der Waals surface area contributed by atoms with Crippen LogP contribution in [0.5, 0.6) is 0 Å². The van der Waals surface area contributed by atoms with Gasteiger partial charge in [-0.2, -0.15) is 5.26 Å². The number of aromatic nitrogens is 1. The molecule has 106 valence electrons. The minimum Gasteiger partial charge on any atom is -0.345 e. The molecule has 6 heteroatoms. The fraction of sp³-hybridized carbons (Fsp3) is 0.133. The van der Waals surface area contributed by atoms with E-state index in [0.29, 0.717) is 15.6 Å². The minimum absolute atomic E-state index is 0.155. The highest BCUT2D eigenvalue weighted by Crippen LogP contribution is 2.20. The second kappa shape index (κ2) is 6.70. The topological polar surface area (TPSA) is 65.8 Å². The van der Waals surface area contributed by atoms with E-state index in [1.165, 1.54) is 6.20 Å².